The monoisotopic (exact) mass is 454 g/mol. The molecule has 0 radical (unpaired) electrons. The lowest BCUT2D eigenvalue weighted by atomic mass is 10.1. The molecule has 3 rings (SSSR count). The van der Waals surface area contributed by atoms with Gasteiger partial charge in [-0.3, -0.25) is 4.79 Å². The molecule has 1 unspecified atom stereocenters. The maximum absolute atomic E-state index is 13.2. The van der Waals surface area contributed by atoms with E-state index in [4.69, 9.17) is 11.6 Å². The summed E-state index contributed by atoms with van der Waals surface area (Å²) in [5.41, 5.74) is 0.639. The average Bonchev–Trinajstić information content (AvgIpc) is 3.03. The number of anilines is 1. The summed E-state index contributed by atoms with van der Waals surface area (Å²) in [6, 6.07) is 11.0. The molecule has 158 valence electrons. The van der Waals surface area contributed by atoms with Crippen LogP contribution >= 0.6 is 23.4 Å². The van der Waals surface area contributed by atoms with E-state index in [-0.39, 0.29) is 10.7 Å². The third-order valence-corrected chi connectivity index (χ3v) is 5.71. The normalized spacial score (nSPS) is 12.6. The third-order valence-electron chi connectivity index (χ3n) is 4.34. The molecule has 3 aromatic rings. The molecular weight excluding hydrogens is 437 g/mol. The summed E-state index contributed by atoms with van der Waals surface area (Å²) < 4.78 is 41.4. The number of carbonyl (C=O) groups is 1. The minimum Gasteiger partial charge on any atom is -0.325 e. The maximum Gasteiger partial charge on any atom is 0.418 e. The smallest absolute Gasteiger partial charge is 0.325 e. The SMILES string of the molecule is Cc1ccc(-c2nnc(SC(C)C(=O)Nc3ccc(Cl)cc3C(F)(F)F)n2C)cc1. The van der Waals surface area contributed by atoms with E-state index in [1.165, 1.54) is 6.07 Å². The first-order valence-electron chi connectivity index (χ1n) is 8.87. The van der Waals surface area contributed by atoms with Gasteiger partial charge in [0, 0.05) is 17.6 Å². The van der Waals surface area contributed by atoms with Crippen LogP contribution in [-0.2, 0) is 18.0 Å². The van der Waals surface area contributed by atoms with Crippen molar-refractivity contribution in [3.8, 4) is 11.4 Å². The fourth-order valence-electron chi connectivity index (χ4n) is 2.68. The molecular formula is C20H18ClF3N4OS. The van der Waals surface area contributed by atoms with Crippen LogP contribution in [0.15, 0.2) is 47.6 Å². The number of benzene rings is 2. The summed E-state index contributed by atoms with van der Waals surface area (Å²) in [7, 11) is 1.77. The molecule has 1 N–H and O–H groups in total. The minimum atomic E-state index is -4.64. The highest BCUT2D eigenvalue weighted by atomic mass is 35.5. The molecule has 0 saturated heterocycles. The minimum absolute atomic E-state index is 0.0644. The predicted molar refractivity (Wildman–Crippen MR) is 112 cm³/mol. The first-order valence-corrected chi connectivity index (χ1v) is 10.1. The number of alkyl halides is 3. The van der Waals surface area contributed by atoms with Gasteiger partial charge < -0.3 is 9.88 Å². The van der Waals surface area contributed by atoms with Crippen molar-refractivity contribution in [2.75, 3.05) is 5.32 Å². The Morgan fingerprint density at radius 3 is 2.47 bits per heavy atom. The quantitative estimate of drug-likeness (QED) is 0.511. The van der Waals surface area contributed by atoms with Crippen LogP contribution in [0.2, 0.25) is 5.02 Å². The van der Waals surface area contributed by atoms with Gasteiger partial charge >= 0.3 is 6.18 Å². The maximum atomic E-state index is 13.2. The fourth-order valence-corrected chi connectivity index (χ4v) is 3.66. The second kappa shape index (κ2) is 8.69. The zero-order chi connectivity index (χ0) is 22.1. The molecule has 0 saturated carbocycles. The van der Waals surface area contributed by atoms with Gasteiger partial charge in [0.2, 0.25) is 5.91 Å². The Morgan fingerprint density at radius 2 is 1.83 bits per heavy atom. The van der Waals surface area contributed by atoms with Gasteiger partial charge in [0.15, 0.2) is 11.0 Å². The zero-order valence-electron chi connectivity index (χ0n) is 16.3. The van der Waals surface area contributed by atoms with Crippen LogP contribution in [0.25, 0.3) is 11.4 Å². The second-order valence-corrected chi connectivity index (χ2v) is 8.41. The lowest BCUT2D eigenvalue weighted by Gasteiger charge is -2.16. The molecule has 30 heavy (non-hydrogen) atoms. The molecule has 1 heterocycles. The Hall–Kier alpha value is -2.52. The summed E-state index contributed by atoms with van der Waals surface area (Å²) in [5, 5.41) is 10.3. The van der Waals surface area contributed by atoms with Gasteiger partial charge in [-0.25, -0.2) is 0 Å². The summed E-state index contributed by atoms with van der Waals surface area (Å²) in [6.07, 6.45) is -4.64. The molecule has 0 fully saturated rings. The molecule has 0 bridgehead atoms. The predicted octanol–water partition coefficient (Wildman–Crippen LogP) is 5.58. The fraction of sp³-hybridized carbons (Fsp3) is 0.250. The number of nitrogens with zero attached hydrogens (tertiary/aromatic N) is 3. The van der Waals surface area contributed by atoms with E-state index in [1.54, 1.807) is 18.5 Å². The summed E-state index contributed by atoms with van der Waals surface area (Å²) in [4.78, 5) is 12.5. The molecule has 1 aromatic heterocycles. The Balaban J connectivity index is 1.75. The molecule has 1 amide bonds. The van der Waals surface area contributed by atoms with Crippen molar-refractivity contribution in [3.63, 3.8) is 0 Å². The van der Waals surface area contributed by atoms with Crippen LogP contribution in [0, 0.1) is 6.92 Å². The van der Waals surface area contributed by atoms with Gasteiger partial charge in [-0.05, 0) is 32.0 Å². The Bertz CT molecular complexity index is 1070. The Kier molecular flexibility index (Phi) is 6.42. The van der Waals surface area contributed by atoms with Gasteiger partial charge in [-0.15, -0.1) is 10.2 Å². The van der Waals surface area contributed by atoms with Crippen molar-refractivity contribution in [3.05, 3.63) is 58.6 Å². The Morgan fingerprint density at radius 1 is 1.17 bits per heavy atom. The van der Waals surface area contributed by atoms with Crippen molar-refractivity contribution in [2.24, 2.45) is 7.05 Å². The molecule has 0 aliphatic heterocycles. The Labute approximate surface area is 180 Å². The first-order chi connectivity index (χ1) is 14.1. The number of hydrogen-bond donors (Lipinski definition) is 1. The summed E-state index contributed by atoms with van der Waals surface area (Å²) in [5.74, 6) is 0.0369. The van der Waals surface area contributed by atoms with Gasteiger partial charge in [0.05, 0.1) is 16.5 Å². The van der Waals surface area contributed by atoms with E-state index in [0.717, 1.165) is 35.0 Å². The lowest BCUT2D eigenvalue weighted by Crippen LogP contribution is -2.24. The van der Waals surface area contributed by atoms with Crippen LogP contribution < -0.4 is 5.32 Å². The molecule has 0 aliphatic carbocycles. The van der Waals surface area contributed by atoms with Gasteiger partial charge in [0.1, 0.15) is 0 Å². The largest absolute Gasteiger partial charge is 0.418 e. The summed E-state index contributed by atoms with van der Waals surface area (Å²) in [6.45, 7) is 3.57. The topological polar surface area (TPSA) is 59.8 Å². The van der Waals surface area contributed by atoms with Crippen molar-refractivity contribution < 1.29 is 18.0 Å². The number of thioether (sulfide) groups is 1. The first kappa shape index (κ1) is 22.2. The second-order valence-electron chi connectivity index (χ2n) is 6.67. The molecule has 2 aromatic carbocycles. The van der Waals surface area contributed by atoms with E-state index < -0.39 is 22.9 Å². The number of rotatable bonds is 5. The van der Waals surface area contributed by atoms with E-state index >= 15 is 0 Å². The molecule has 10 heteroatoms. The summed E-state index contributed by atoms with van der Waals surface area (Å²) >= 11 is 6.78. The number of amides is 1. The van der Waals surface area contributed by atoms with E-state index in [0.29, 0.717) is 11.0 Å². The highest BCUT2D eigenvalue weighted by Gasteiger charge is 2.34. The van der Waals surface area contributed by atoms with Crippen molar-refractivity contribution >= 4 is 35.0 Å². The average molecular weight is 455 g/mol. The van der Waals surface area contributed by atoms with Crippen molar-refractivity contribution in [1.29, 1.82) is 0 Å². The van der Waals surface area contributed by atoms with Crippen molar-refractivity contribution in [1.82, 2.24) is 14.8 Å². The van der Waals surface area contributed by atoms with E-state index in [2.05, 4.69) is 15.5 Å². The molecule has 5 nitrogen and oxygen atoms in total. The number of halogens is 4. The van der Waals surface area contributed by atoms with E-state index in [9.17, 15) is 18.0 Å². The zero-order valence-corrected chi connectivity index (χ0v) is 17.9. The van der Waals surface area contributed by atoms with Crippen LogP contribution in [0.4, 0.5) is 18.9 Å². The highest BCUT2D eigenvalue weighted by molar-refractivity contribution is 8.00. The van der Waals surface area contributed by atoms with Crippen LogP contribution in [0.3, 0.4) is 0 Å². The lowest BCUT2D eigenvalue weighted by molar-refractivity contribution is -0.137. The van der Waals surface area contributed by atoms with Gasteiger partial charge in [-0.2, -0.15) is 13.2 Å². The molecule has 0 aliphatic rings. The molecule has 0 spiro atoms. The third kappa shape index (κ3) is 4.96. The number of hydrogen-bond acceptors (Lipinski definition) is 4. The van der Waals surface area contributed by atoms with Crippen LogP contribution in [-0.4, -0.2) is 25.9 Å². The standard InChI is InChI=1S/C20H18ClF3N4OS/c1-11-4-6-13(7-5-11)17-26-27-19(28(17)3)30-12(2)18(29)25-16-9-8-14(21)10-15(16)20(22,23)24/h4-10,12H,1-3H3,(H,25,29). The highest BCUT2D eigenvalue weighted by Crippen LogP contribution is 2.37. The number of nitrogens with one attached hydrogen (secondary N) is 1. The van der Waals surface area contributed by atoms with Crippen molar-refractivity contribution in [2.45, 2.75) is 30.4 Å². The molecule has 1 atom stereocenters. The number of carbonyl (C=O) groups excluding carboxylic acids is 1. The number of aromatic nitrogens is 3. The van der Waals surface area contributed by atoms with Crippen LogP contribution in [0.5, 0.6) is 0 Å². The van der Waals surface area contributed by atoms with Crippen LogP contribution in [0.1, 0.15) is 18.1 Å². The van der Waals surface area contributed by atoms with Gasteiger partial charge in [-0.1, -0.05) is 53.2 Å². The number of aryl methyl sites for hydroxylation is 1. The van der Waals surface area contributed by atoms with E-state index in [1.807, 2.05) is 31.2 Å². The van der Waals surface area contributed by atoms with Gasteiger partial charge in [0.25, 0.3) is 0 Å².